The molecule has 2 aromatic heterocycles. The number of fused-ring (bicyclic) bond motifs is 1. The van der Waals surface area contributed by atoms with Crippen LogP contribution in [0.15, 0.2) is 12.5 Å². The first-order valence-corrected chi connectivity index (χ1v) is 8.70. The molecular weight excluding hydrogens is 374 g/mol. The topological polar surface area (TPSA) is 136 Å². The molecule has 0 fully saturated rings. The summed E-state index contributed by atoms with van der Waals surface area (Å²) >= 11 is 0. The summed E-state index contributed by atoms with van der Waals surface area (Å²) in [6.45, 7) is 3.92. The predicted octanol–water partition coefficient (Wildman–Crippen LogP) is 2.08. The third kappa shape index (κ3) is 5.94. The van der Waals surface area contributed by atoms with E-state index in [9.17, 15) is 9.59 Å². The van der Waals surface area contributed by atoms with Crippen molar-refractivity contribution in [2.45, 2.75) is 26.7 Å². The van der Waals surface area contributed by atoms with E-state index in [4.69, 9.17) is 18.9 Å². The van der Waals surface area contributed by atoms with Gasteiger partial charge in [-0.25, -0.2) is 19.6 Å². The van der Waals surface area contributed by atoms with Crippen LogP contribution in [0.5, 0.6) is 0 Å². The zero-order valence-corrected chi connectivity index (χ0v) is 15.9. The van der Waals surface area contributed by atoms with Crippen LogP contribution >= 0.6 is 0 Å². The van der Waals surface area contributed by atoms with E-state index >= 15 is 0 Å². The fourth-order valence-corrected chi connectivity index (χ4v) is 2.06. The standard InChI is InChI=1S/C16H23N5O7/c1-4-24-15(22)27-8-6-7-26-14(28-16(23)25-5-2)21-10-19-11-9-18-13(17-3)20-12(11)21/h9-10,14H,4-8H2,1-3H3,(H,17,18,20). The Morgan fingerprint density at radius 2 is 1.86 bits per heavy atom. The molecule has 2 aromatic rings. The molecule has 0 aromatic carbocycles. The van der Waals surface area contributed by atoms with Crippen LogP contribution < -0.4 is 5.32 Å². The summed E-state index contributed by atoms with van der Waals surface area (Å²) in [4.78, 5) is 35.5. The van der Waals surface area contributed by atoms with Crippen LogP contribution in [-0.2, 0) is 23.7 Å². The molecule has 1 atom stereocenters. The van der Waals surface area contributed by atoms with Gasteiger partial charge in [0.15, 0.2) is 5.65 Å². The highest BCUT2D eigenvalue weighted by Crippen LogP contribution is 2.19. The van der Waals surface area contributed by atoms with Crippen molar-refractivity contribution in [3.8, 4) is 0 Å². The van der Waals surface area contributed by atoms with E-state index in [0.717, 1.165) is 0 Å². The van der Waals surface area contributed by atoms with Gasteiger partial charge >= 0.3 is 12.3 Å². The van der Waals surface area contributed by atoms with Gasteiger partial charge < -0.3 is 29.0 Å². The fourth-order valence-electron chi connectivity index (χ4n) is 2.06. The Hall–Kier alpha value is -3.15. The molecule has 0 aliphatic rings. The summed E-state index contributed by atoms with van der Waals surface area (Å²) in [5, 5.41) is 2.82. The van der Waals surface area contributed by atoms with E-state index in [1.807, 2.05) is 0 Å². The molecule has 0 saturated heterocycles. The van der Waals surface area contributed by atoms with Gasteiger partial charge in [0.05, 0.1) is 32.6 Å². The molecule has 12 heteroatoms. The van der Waals surface area contributed by atoms with Crippen molar-refractivity contribution in [2.24, 2.45) is 0 Å². The Kier molecular flexibility index (Phi) is 8.21. The quantitative estimate of drug-likeness (QED) is 0.358. The second-order valence-electron chi connectivity index (χ2n) is 5.17. The van der Waals surface area contributed by atoms with Gasteiger partial charge in [-0.15, -0.1) is 0 Å². The number of rotatable bonds is 10. The summed E-state index contributed by atoms with van der Waals surface area (Å²) in [7, 11) is 1.68. The molecule has 0 radical (unpaired) electrons. The zero-order valence-electron chi connectivity index (χ0n) is 15.9. The highest BCUT2D eigenvalue weighted by molar-refractivity contribution is 5.71. The van der Waals surface area contributed by atoms with Crippen molar-refractivity contribution in [2.75, 3.05) is 38.8 Å². The van der Waals surface area contributed by atoms with Gasteiger partial charge in [0.25, 0.3) is 6.41 Å². The molecule has 1 N–H and O–H groups in total. The number of aromatic nitrogens is 4. The van der Waals surface area contributed by atoms with Gasteiger partial charge in [0.2, 0.25) is 5.95 Å². The SMILES string of the molecule is CCOC(=O)OCCCOC(OC(=O)OCC)n1cnc2cnc(NC)nc21. The van der Waals surface area contributed by atoms with Crippen LogP contribution in [0.2, 0.25) is 0 Å². The van der Waals surface area contributed by atoms with Gasteiger partial charge in [0.1, 0.15) is 11.8 Å². The predicted molar refractivity (Wildman–Crippen MR) is 95.6 cm³/mol. The Balaban J connectivity index is 2.05. The second-order valence-corrected chi connectivity index (χ2v) is 5.17. The van der Waals surface area contributed by atoms with Crippen LogP contribution in [0.3, 0.4) is 0 Å². The molecule has 1 unspecified atom stereocenters. The lowest BCUT2D eigenvalue weighted by atomic mass is 10.5. The van der Waals surface area contributed by atoms with Crippen LogP contribution in [0.1, 0.15) is 26.7 Å². The van der Waals surface area contributed by atoms with E-state index in [2.05, 4.69) is 25.0 Å². The lowest BCUT2D eigenvalue weighted by molar-refractivity contribution is -0.168. The second kappa shape index (κ2) is 10.9. The highest BCUT2D eigenvalue weighted by atomic mass is 16.8. The number of carbonyl (C=O) groups is 2. The maximum atomic E-state index is 11.8. The molecule has 0 amide bonds. The number of imidazole rings is 1. The summed E-state index contributed by atoms with van der Waals surface area (Å²) in [5.74, 6) is 0.368. The first-order valence-electron chi connectivity index (χ1n) is 8.70. The number of carbonyl (C=O) groups excluding carboxylic acids is 2. The van der Waals surface area contributed by atoms with Crippen LogP contribution in [0, 0.1) is 0 Å². The molecule has 0 saturated carbocycles. The van der Waals surface area contributed by atoms with E-state index in [1.165, 1.54) is 17.1 Å². The maximum Gasteiger partial charge on any atom is 0.511 e. The third-order valence-corrected chi connectivity index (χ3v) is 3.26. The molecule has 12 nitrogen and oxygen atoms in total. The smallest absolute Gasteiger partial charge is 0.435 e. The van der Waals surface area contributed by atoms with E-state index < -0.39 is 18.7 Å². The average Bonchev–Trinajstić information content (AvgIpc) is 3.10. The summed E-state index contributed by atoms with van der Waals surface area (Å²) < 4.78 is 26.6. The van der Waals surface area contributed by atoms with Crippen molar-refractivity contribution in [3.63, 3.8) is 0 Å². The molecule has 0 bridgehead atoms. The first-order chi connectivity index (χ1) is 13.6. The number of nitrogens with one attached hydrogen (secondary N) is 1. The van der Waals surface area contributed by atoms with Crippen molar-refractivity contribution in [1.29, 1.82) is 0 Å². The lowest BCUT2D eigenvalue weighted by Gasteiger charge is -2.19. The fraction of sp³-hybridized carbons (Fsp3) is 0.562. The first kappa shape index (κ1) is 21.2. The minimum atomic E-state index is -1.17. The Morgan fingerprint density at radius 3 is 2.57 bits per heavy atom. The van der Waals surface area contributed by atoms with Gasteiger partial charge in [0, 0.05) is 13.5 Å². The van der Waals surface area contributed by atoms with Crippen LogP contribution in [0.25, 0.3) is 11.2 Å². The van der Waals surface area contributed by atoms with Gasteiger partial charge in [-0.3, -0.25) is 4.57 Å². The average molecular weight is 397 g/mol. The van der Waals surface area contributed by atoms with E-state index in [-0.39, 0.29) is 26.4 Å². The minimum Gasteiger partial charge on any atom is -0.435 e. The molecule has 2 rings (SSSR count). The molecule has 2 heterocycles. The molecule has 0 aliphatic carbocycles. The lowest BCUT2D eigenvalue weighted by Crippen LogP contribution is -2.22. The molecule has 0 spiro atoms. The molecular formula is C16H23N5O7. The molecule has 0 aliphatic heterocycles. The van der Waals surface area contributed by atoms with Crippen molar-refractivity contribution in [1.82, 2.24) is 19.5 Å². The number of ether oxygens (including phenoxy) is 5. The van der Waals surface area contributed by atoms with Gasteiger partial charge in [-0.05, 0) is 13.8 Å². The molecule has 28 heavy (non-hydrogen) atoms. The number of nitrogens with zero attached hydrogens (tertiary/aromatic N) is 4. The summed E-state index contributed by atoms with van der Waals surface area (Å²) in [5.41, 5.74) is 0.891. The van der Waals surface area contributed by atoms with Crippen molar-refractivity contribution < 1.29 is 33.3 Å². The van der Waals surface area contributed by atoms with Gasteiger partial charge in [-0.1, -0.05) is 0 Å². The highest BCUT2D eigenvalue weighted by Gasteiger charge is 2.21. The van der Waals surface area contributed by atoms with Crippen molar-refractivity contribution >= 4 is 29.4 Å². The largest absolute Gasteiger partial charge is 0.511 e. The number of anilines is 1. The summed E-state index contributed by atoms with van der Waals surface area (Å²) in [6, 6.07) is 0. The third-order valence-electron chi connectivity index (χ3n) is 3.26. The number of hydrogen-bond donors (Lipinski definition) is 1. The molecule has 154 valence electrons. The van der Waals surface area contributed by atoms with Crippen LogP contribution in [0.4, 0.5) is 15.5 Å². The number of hydrogen-bond acceptors (Lipinski definition) is 11. The summed E-state index contributed by atoms with van der Waals surface area (Å²) in [6.07, 6.45) is 0.465. The normalized spacial score (nSPS) is 11.7. The van der Waals surface area contributed by atoms with Crippen LogP contribution in [-0.4, -0.2) is 65.3 Å². The van der Waals surface area contributed by atoms with Crippen molar-refractivity contribution in [3.05, 3.63) is 12.5 Å². The van der Waals surface area contributed by atoms with Gasteiger partial charge in [-0.2, -0.15) is 4.98 Å². The Bertz CT molecular complexity index is 782. The monoisotopic (exact) mass is 397 g/mol. The zero-order chi connectivity index (χ0) is 20.4. The van der Waals surface area contributed by atoms with E-state index in [0.29, 0.717) is 23.5 Å². The van der Waals surface area contributed by atoms with E-state index in [1.54, 1.807) is 20.9 Å². The Morgan fingerprint density at radius 1 is 1.11 bits per heavy atom. The minimum absolute atomic E-state index is 0.0850. The Labute approximate surface area is 161 Å². The maximum absolute atomic E-state index is 11.8.